The molecule has 6 aromatic rings. The normalized spacial score (nSPS) is 13.0. The first kappa shape index (κ1) is 30.3. The molecular formula is C44H38O3. The number of rotatable bonds is 9. The van der Waals surface area contributed by atoms with Gasteiger partial charge in [0.1, 0.15) is 17.2 Å². The molecule has 0 aromatic heterocycles. The van der Waals surface area contributed by atoms with E-state index in [-0.39, 0.29) is 11.2 Å². The van der Waals surface area contributed by atoms with Crippen LogP contribution in [-0.2, 0) is 10.8 Å². The smallest absolute Gasteiger partial charge is 0.193 e. The van der Waals surface area contributed by atoms with Gasteiger partial charge in [0, 0.05) is 11.1 Å². The Morgan fingerprint density at radius 1 is 0.574 bits per heavy atom. The van der Waals surface area contributed by atoms with Gasteiger partial charge in [0.05, 0.1) is 12.5 Å². The van der Waals surface area contributed by atoms with Crippen molar-refractivity contribution in [2.75, 3.05) is 7.11 Å². The predicted molar refractivity (Wildman–Crippen MR) is 190 cm³/mol. The minimum Gasteiger partial charge on any atom is -0.497 e. The lowest BCUT2D eigenvalue weighted by atomic mass is 9.68. The second kappa shape index (κ2) is 12.1. The summed E-state index contributed by atoms with van der Waals surface area (Å²) in [6, 6.07) is 49.6. The lowest BCUT2D eigenvalue weighted by Gasteiger charge is -2.34. The number of carbonyl (C=O) groups is 1. The van der Waals surface area contributed by atoms with Gasteiger partial charge in [-0.3, -0.25) is 4.79 Å². The number of fused-ring (bicyclic) bond motifs is 3. The van der Waals surface area contributed by atoms with E-state index >= 15 is 0 Å². The Labute approximate surface area is 277 Å². The van der Waals surface area contributed by atoms with Crippen LogP contribution in [0.4, 0.5) is 0 Å². The molecule has 1 aliphatic carbocycles. The van der Waals surface area contributed by atoms with Crippen LogP contribution in [0.1, 0.15) is 70.9 Å². The molecule has 0 bridgehead atoms. The van der Waals surface area contributed by atoms with Crippen molar-refractivity contribution in [1.82, 2.24) is 0 Å². The van der Waals surface area contributed by atoms with Gasteiger partial charge in [-0.05, 0) is 99.3 Å². The Morgan fingerprint density at radius 2 is 1.00 bits per heavy atom. The third-order valence-corrected chi connectivity index (χ3v) is 9.93. The third-order valence-electron chi connectivity index (χ3n) is 9.93. The molecule has 0 unspecified atom stereocenters. The molecule has 7 rings (SSSR count). The summed E-state index contributed by atoms with van der Waals surface area (Å²) in [6.45, 7) is 6.63. The lowest BCUT2D eigenvalue weighted by molar-refractivity contribution is 0.103. The number of hydrogen-bond acceptors (Lipinski definition) is 3. The highest BCUT2D eigenvalue weighted by Gasteiger charge is 2.45. The van der Waals surface area contributed by atoms with Crippen LogP contribution in [0.15, 0.2) is 146 Å². The van der Waals surface area contributed by atoms with E-state index in [0.717, 1.165) is 23.5 Å². The molecule has 6 aromatic carbocycles. The lowest BCUT2D eigenvalue weighted by Crippen LogP contribution is -2.28. The molecule has 1 aliphatic rings. The Hall–Kier alpha value is -5.41. The zero-order chi connectivity index (χ0) is 32.6. The molecule has 0 saturated heterocycles. The Balaban J connectivity index is 1.18. The minimum atomic E-state index is -0.496. The number of hydrogen-bond donors (Lipinski definition) is 0. The van der Waals surface area contributed by atoms with Crippen molar-refractivity contribution in [1.29, 1.82) is 0 Å². The van der Waals surface area contributed by atoms with E-state index in [1.54, 1.807) is 7.11 Å². The molecule has 0 saturated carbocycles. The summed E-state index contributed by atoms with van der Waals surface area (Å²) < 4.78 is 11.8. The molecule has 0 aliphatic heterocycles. The molecule has 0 amide bonds. The van der Waals surface area contributed by atoms with Crippen LogP contribution in [-0.4, -0.2) is 12.9 Å². The minimum absolute atomic E-state index is 0.00251. The zero-order valence-corrected chi connectivity index (χ0v) is 27.3. The average molecular weight is 615 g/mol. The van der Waals surface area contributed by atoms with Crippen LogP contribution >= 0.6 is 0 Å². The summed E-state index contributed by atoms with van der Waals surface area (Å²) in [5, 5.41) is 0. The number of ketones is 1. The molecule has 3 nitrogen and oxygen atoms in total. The first-order chi connectivity index (χ1) is 22.8. The molecule has 0 fully saturated rings. The second-order valence-electron chi connectivity index (χ2n) is 12.9. The van der Waals surface area contributed by atoms with Crippen LogP contribution in [0.25, 0.3) is 11.1 Å². The van der Waals surface area contributed by atoms with Crippen LogP contribution < -0.4 is 9.47 Å². The van der Waals surface area contributed by atoms with Crippen LogP contribution in [0.2, 0.25) is 0 Å². The standard InChI is InChI=1S/C44H38O3/c1-5-43(2,3)32-18-14-30(15-19-32)42(45)31-16-24-36(25-17-31)47-37-28-22-34(23-29-37)44(33-20-26-35(46-4)27-21-33)40-12-8-6-10-38(40)39-11-7-9-13-41(39)44/h6-29H,5H2,1-4H3. The maximum Gasteiger partial charge on any atom is 0.193 e. The summed E-state index contributed by atoms with van der Waals surface area (Å²) in [4.78, 5) is 13.2. The predicted octanol–water partition coefficient (Wildman–Crippen LogP) is 10.8. The maximum atomic E-state index is 13.2. The molecular weight excluding hydrogens is 576 g/mol. The van der Waals surface area contributed by atoms with Gasteiger partial charge in [0.2, 0.25) is 0 Å². The van der Waals surface area contributed by atoms with Crippen molar-refractivity contribution >= 4 is 5.78 Å². The molecule has 3 heteroatoms. The monoisotopic (exact) mass is 614 g/mol. The van der Waals surface area contributed by atoms with Gasteiger partial charge in [-0.1, -0.05) is 118 Å². The molecule has 0 heterocycles. The number of methoxy groups -OCH3 is 1. The van der Waals surface area contributed by atoms with Gasteiger partial charge in [0.25, 0.3) is 0 Å². The number of carbonyl (C=O) groups excluding carboxylic acids is 1. The zero-order valence-electron chi connectivity index (χ0n) is 27.3. The van der Waals surface area contributed by atoms with E-state index in [1.165, 1.54) is 33.4 Å². The fraction of sp³-hybridized carbons (Fsp3) is 0.159. The topological polar surface area (TPSA) is 35.5 Å². The van der Waals surface area contributed by atoms with E-state index in [4.69, 9.17) is 9.47 Å². The van der Waals surface area contributed by atoms with Crippen LogP contribution in [0.3, 0.4) is 0 Å². The first-order valence-corrected chi connectivity index (χ1v) is 16.2. The van der Waals surface area contributed by atoms with Crippen molar-refractivity contribution in [2.45, 2.75) is 38.0 Å². The second-order valence-corrected chi connectivity index (χ2v) is 12.9. The number of benzene rings is 6. The molecule has 47 heavy (non-hydrogen) atoms. The van der Waals surface area contributed by atoms with E-state index in [0.29, 0.717) is 16.9 Å². The average Bonchev–Trinajstić information content (AvgIpc) is 3.43. The third kappa shape index (κ3) is 5.22. The van der Waals surface area contributed by atoms with E-state index < -0.39 is 5.41 Å². The first-order valence-electron chi connectivity index (χ1n) is 16.2. The van der Waals surface area contributed by atoms with Gasteiger partial charge >= 0.3 is 0 Å². The fourth-order valence-electron chi connectivity index (χ4n) is 6.89. The van der Waals surface area contributed by atoms with Crippen LogP contribution in [0, 0.1) is 0 Å². The van der Waals surface area contributed by atoms with Crippen LogP contribution in [0.5, 0.6) is 17.2 Å². The fourth-order valence-corrected chi connectivity index (χ4v) is 6.89. The molecule has 232 valence electrons. The van der Waals surface area contributed by atoms with Gasteiger partial charge in [-0.15, -0.1) is 0 Å². The van der Waals surface area contributed by atoms with Crippen molar-refractivity contribution in [3.05, 3.63) is 185 Å². The molecule has 0 radical (unpaired) electrons. The molecule has 0 N–H and O–H groups in total. The Bertz CT molecular complexity index is 1990. The quantitative estimate of drug-likeness (QED) is 0.152. The van der Waals surface area contributed by atoms with E-state index in [2.05, 4.69) is 106 Å². The van der Waals surface area contributed by atoms with Crippen molar-refractivity contribution in [2.24, 2.45) is 0 Å². The van der Waals surface area contributed by atoms with Gasteiger partial charge in [-0.25, -0.2) is 0 Å². The van der Waals surface area contributed by atoms with Crippen molar-refractivity contribution in [3.8, 4) is 28.4 Å². The van der Waals surface area contributed by atoms with Crippen molar-refractivity contribution in [3.63, 3.8) is 0 Å². The van der Waals surface area contributed by atoms with Gasteiger partial charge < -0.3 is 9.47 Å². The highest BCUT2D eigenvalue weighted by molar-refractivity contribution is 6.09. The maximum absolute atomic E-state index is 13.2. The summed E-state index contributed by atoms with van der Waals surface area (Å²) in [6.07, 6.45) is 1.04. The highest BCUT2D eigenvalue weighted by atomic mass is 16.5. The molecule has 0 spiro atoms. The highest BCUT2D eigenvalue weighted by Crippen LogP contribution is 2.56. The van der Waals surface area contributed by atoms with E-state index in [1.807, 2.05) is 60.7 Å². The SMILES string of the molecule is CCC(C)(C)c1ccc(C(=O)c2ccc(Oc3ccc(C4(c5ccc(OC)cc5)c5ccccc5-c5ccccc54)cc3)cc2)cc1. The Morgan fingerprint density at radius 3 is 1.47 bits per heavy atom. The number of ether oxygens (including phenoxy) is 2. The summed E-state index contributed by atoms with van der Waals surface area (Å²) in [5.41, 5.74) is 9.47. The molecule has 0 atom stereocenters. The van der Waals surface area contributed by atoms with E-state index in [9.17, 15) is 4.79 Å². The summed E-state index contributed by atoms with van der Waals surface area (Å²) in [7, 11) is 1.70. The summed E-state index contributed by atoms with van der Waals surface area (Å²) in [5.74, 6) is 2.23. The Kier molecular flexibility index (Phi) is 7.77. The largest absolute Gasteiger partial charge is 0.497 e. The van der Waals surface area contributed by atoms with Crippen molar-refractivity contribution < 1.29 is 14.3 Å². The van der Waals surface area contributed by atoms with Gasteiger partial charge in [-0.2, -0.15) is 0 Å². The van der Waals surface area contributed by atoms with Gasteiger partial charge in [0.15, 0.2) is 5.78 Å². The summed E-state index contributed by atoms with van der Waals surface area (Å²) >= 11 is 0.